The summed E-state index contributed by atoms with van der Waals surface area (Å²) in [6.45, 7) is 0. The first-order chi connectivity index (χ1) is 7.49. The molecule has 0 atom stereocenters. The van der Waals surface area contributed by atoms with Crippen molar-refractivity contribution in [3.8, 4) is 0 Å². The maximum Gasteiger partial charge on any atom is 0.209 e. The second kappa shape index (κ2) is 3.49. The van der Waals surface area contributed by atoms with Gasteiger partial charge in [0.1, 0.15) is 0 Å². The molecule has 84 valence electrons. The van der Waals surface area contributed by atoms with Gasteiger partial charge in [0.2, 0.25) is 9.84 Å². The molecule has 0 saturated carbocycles. The summed E-state index contributed by atoms with van der Waals surface area (Å²) in [6, 6.07) is 13.7. The average molecular weight is 240 g/mol. The molecule has 0 heterocycles. The van der Waals surface area contributed by atoms with Crippen molar-refractivity contribution in [2.75, 3.05) is 0 Å². The van der Waals surface area contributed by atoms with Gasteiger partial charge < -0.3 is 0 Å². The van der Waals surface area contributed by atoms with Gasteiger partial charge in [0, 0.05) is 0 Å². The minimum atomic E-state index is -5.91. The van der Waals surface area contributed by atoms with Gasteiger partial charge in [-0.1, -0.05) is 36.4 Å². The third-order valence-electron chi connectivity index (χ3n) is 2.27. The maximum absolute atomic E-state index is 14.1. The Balaban J connectivity index is 2.65. The van der Waals surface area contributed by atoms with Crippen LogP contribution in [0.1, 0.15) is 0 Å². The van der Waals surface area contributed by atoms with E-state index in [4.69, 9.17) is 0 Å². The van der Waals surface area contributed by atoms with Crippen LogP contribution >= 0.6 is 0 Å². The minimum absolute atomic E-state index is 0.439. The molecule has 0 aliphatic heterocycles. The van der Waals surface area contributed by atoms with E-state index in [9.17, 15) is 12.0 Å². The van der Waals surface area contributed by atoms with Crippen LogP contribution in [-0.2, 0) is 9.84 Å². The fraction of sp³-hybridized carbons (Fsp3) is 0. The standard InChI is InChI=1S/C12H10F2OS/c13-16(14,15,11-7-3-1-4-8-11)12-9-5-2-6-10-12/h1-10H. The molecule has 4 heteroatoms. The third-order valence-corrected chi connectivity index (χ3v) is 4.38. The minimum Gasteiger partial charge on any atom is -0.213 e. The Bertz CT molecular complexity index is 500. The van der Waals surface area contributed by atoms with E-state index >= 15 is 0 Å². The Morgan fingerprint density at radius 1 is 0.688 bits per heavy atom. The Morgan fingerprint density at radius 3 is 1.31 bits per heavy atom. The third kappa shape index (κ3) is 1.76. The van der Waals surface area contributed by atoms with Crippen molar-refractivity contribution in [1.29, 1.82) is 0 Å². The lowest BCUT2D eigenvalue weighted by Crippen LogP contribution is -2.20. The Labute approximate surface area is 92.7 Å². The quantitative estimate of drug-likeness (QED) is 0.731. The van der Waals surface area contributed by atoms with Crippen LogP contribution in [0.25, 0.3) is 0 Å². The zero-order chi connectivity index (χ0) is 11.7. The number of hydrogen-bond acceptors (Lipinski definition) is 1. The second-order valence-corrected chi connectivity index (χ2v) is 5.85. The van der Waals surface area contributed by atoms with Gasteiger partial charge in [0.15, 0.2) is 0 Å². The van der Waals surface area contributed by atoms with Gasteiger partial charge in [-0.05, 0) is 24.3 Å². The van der Waals surface area contributed by atoms with Gasteiger partial charge >= 0.3 is 0 Å². The van der Waals surface area contributed by atoms with Crippen LogP contribution in [0.5, 0.6) is 0 Å². The van der Waals surface area contributed by atoms with E-state index in [2.05, 4.69) is 0 Å². The van der Waals surface area contributed by atoms with Crippen LogP contribution in [0, 0.1) is 0 Å². The zero-order valence-electron chi connectivity index (χ0n) is 8.35. The molecule has 0 amide bonds. The smallest absolute Gasteiger partial charge is 0.209 e. The van der Waals surface area contributed by atoms with Crippen molar-refractivity contribution in [2.45, 2.75) is 9.79 Å². The largest absolute Gasteiger partial charge is 0.213 e. The summed E-state index contributed by atoms with van der Waals surface area (Å²) in [5.41, 5.74) is 0. The molecule has 0 fully saturated rings. The molecule has 1 nitrogen and oxygen atoms in total. The highest BCUT2D eigenvalue weighted by atomic mass is 32.3. The summed E-state index contributed by atoms with van der Waals surface area (Å²) in [7, 11) is -5.91. The van der Waals surface area contributed by atoms with E-state index in [-0.39, 0.29) is 0 Å². The normalized spacial score (nSPS) is 14.0. The molecular weight excluding hydrogens is 230 g/mol. The molecule has 0 N–H and O–H groups in total. The SMILES string of the molecule is O=S(F)(F)(c1ccccc1)c1ccccc1. The summed E-state index contributed by atoms with van der Waals surface area (Å²) in [5, 5.41) is 0. The Morgan fingerprint density at radius 2 is 1.00 bits per heavy atom. The van der Waals surface area contributed by atoms with E-state index in [1.54, 1.807) is 12.1 Å². The maximum atomic E-state index is 14.1. The van der Waals surface area contributed by atoms with Crippen molar-refractivity contribution in [2.24, 2.45) is 0 Å². The highest BCUT2D eigenvalue weighted by Crippen LogP contribution is 2.46. The molecule has 0 aromatic heterocycles. The summed E-state index contributed by atoms with van der Waals surface area (Å²) >= 11 is 0. The summed E-state index contributed by atoms with van der Waals surface area (Å²) in [6.07, 6.45) is 0. The summed E-state index contributed by atoms with van der Waals surface area (Å²) in [4.78, 5) is -0.878. The predicted octanol–water partition coefficient (Wildman–Crippen LogP) is 3.69. The molecule has 2 aromatic rings. The molecule has 2 aromatic carbocycles. The van der Waals surface area contributed by atoms with Gasteiger partial charge in [0.25, 0.3) is 0 Å². The number of halogens is 2. The van der Waals surface area contributed by atoms with Crippen LogP contribution in [0.15, 0.2) is 70.5 Å². The summed E-state index contributed by atoms with van der Waals surface area (Å²) in [5.74, 6) is 0. The van der Waals surface area contributed by atoms with E-state index in [0.29, 0.717) is 0 Å². The molecule has 16 heavy (non-hydrogen) atoms. The molecular formula is C12H10F2OS. The molecule has 0 aliphatic rings. The van der Waals surface area contributed by atoms with Crippen LogP contribution in [0.2, 0.25) is 0 Å². The van der Waals surface area contributed by atoms with E-state index in [0.717, 1.165) is 0 Å². The lowest BCUT2D eigenvalue weighted by atomic mass is 10.4. The van der Waals surface area contributed by atoms with E-state index in [1.165, 1.54) is 48.5 Å². The van der Waals surface area contributed by atoms with Gasteiger partial charge in [-0.15, -0.1) is 7.77 Å². The zero-order valence-corrected chi connectivity index (χ0v) is 9.16. The predicted molar refractivity (Wildman–Crippen MR) is 59.8 cm³/mol. The molecule has 0 radical (unpaired) electrons. The van der Waals surface area contributed by atoms with Gasteiger partial charge in [-0.3, -0.25) is 0 Å². The molecule has 0 saturated heterocycles. The fourth-order valence-corrected chi connectivity index (χ4v) is 2.92. The number of benzene rings is 2. The first-order valence-electron chi connectivity index (χ1n) is 4.70. The van der Waals surface area contributed by atoms with Crippen LogP contribution in [0.3, 0.4) is 0 Å². The molecule has 0 aliphatic carbocycles. The number of rotatable bonds is 2. The van der Waals surface area contributed by atoms with Crippen LogP contribution in [-0.4, -0.2) is 4.21 Å². The van der Waals surface area contributed by atoms with Crippen molar-refractivity contribution in [1.82, 2.24) is 0 Å². The lowest BCUT2D eigenvalue weighted by molar-refractivity contribution is 0.539. The van der Waals surface area contributed by atoms with Crippen molar-refractivity contribution >= 4 is 9.84 Å². The van der Waals surface area contributed by atoms with Crippen molar-refractivity contribution < 1.29 is 12.0 Å². The van der Waals surface area contributed by atoms with Crippen molar-refractivity contribution in [3.05, 3.63) is 60.7 Å². The Hall–Kier alpha value is -1.55. The fourth-order valence-electron chi connectivity index (χ4n) is 1.43. The van der Waals surface area contributed by atoms with Gasteiger partial charge in [-0.2, -0.15) is 0 Å². The summed E-state index contributed by atoms with van der Waals surface area (Å²) < 4.78 is 40.1. The van der Waals surface area contributed by atoms with Crippen LogP contribution < -0.4 is 0 Å². The van der Waals surface area contributed by atoms with Crippen molar-refractivity contribution in [3.63, 3.8) is 0 Å². The van der Waals surface area contributed by atoms with Crippen LogP contribution in [0.4, 0.5) is 7.77 Å². The van der Waals surface area contributed by atoms with Gasteiger partial charge in [-0.25, -0.2) is 4.21 Å². The number of hydrogen-bond donors (Lipinski definition) is 0. The highest BCUT2D eigenvalue weighted by Gasteiger charge is 2.40. The average Bonchev–Trinajstić information content (AvgIpc) is 2.31. The van der Waals surface area contributed by atoms with E-state index < -0.39 is 19.6 Å². The molecule has 0 spiro atoms. The highest BCUT2D eigenvalue weighted by molar-refractivity contribution is 8.11. The second-order valence-electron chi connectivity index (χ2n) is 3.39. The lowest BCUT2D eigenvalue weighted by Gasteiger charge is -2.25. The first kappa shape index (κ1) is 11.0. The molecule has 0 bridgehead atoms. The first-order valence-corrected chi connectivity index (χ1v) is 6.47. The monoisotopic (exact) mass is 240 g/mol. The topological polar surface area (TPSA) is 17.1 Å². The van der Waals surface area contributed by atoms with Gasteiger partial charge in [0.05, 0.1) is 9.79 Å². The molecule has 0 unspecified atom stereocenters. The molecule has 2 rings (SSSR count). The Kier molecular flexibility index (Phi) is 2.39. The van der Waals surface area contributed by atoms with E-state index in [1.807, 2.05) is 0 Å².